The minimum absolute atomic E-state index is 0.0681. The third-order valence-electron chi connectivity index (χ3n) is 4.67. The number of rotatable bonds is 3. The summed E-state index contributed by atoms with van der Waals surface area (Å²) in [6, 6.07) is 7.85. The van der Waals surface area contributed by atoms with Gasteiger partial charge in [0.2, 0.25) is 5.91 Å². The number of sulfone groups is 1. The summed E-state index contributed by atoms with van der Waals surface area (Å²) in [5.74, 6) is 0.194. The van der Waals surface area contributed by atoms with Crippen molar-refractivity contribution in [2.24, 2.45) is 0 Å². The van der Waals surface area contributed by atoms with Crippen LogP contribution in [-0.2, 0) is 27.6 Å². The molecule has 1 saturated heterocycles. The predicted molar refractivity (Wildman–Crippen MR) is 85.2 cm³/mol. The third kappa shape index (κ3) is 3.33. The molecule has 2 aliphatic rings. The number of nitrogens with one attached hydrogen (secondary N) is 1. The molecule has 120 valence electrons. The summed E-state index contributed by atoms with van der Waals surface area (Å²) in [5.41, 5.74) is 2.63. The van der Waals surface area contributed by atoms with E-state index in [4.69, 9.17) is 0 Å². The highest BCUT2D eigenvalue weighted by Crippen LogP contribution is 2.20. The number of fused-ring (bicyclic) bond motifs is 1. The molecule has 1 aromatic carbocycles. The first-order valence-electron chi connectivity index (χ1n) is 7.76. The van der Waals surface area contributed by atoms with Gasteiger partial charge in [0.1, 0.15) is 0 Å². The highest BCUT2D eigenvalue weighted by atomic mass is 32.2. The number of nitrogens with zero attached hydrogens (tertiary/aromatic N) is 1. The van der Waals surface area contributed by atoms with Crippen LogP contribution in [0.3, 0.4) is 0 Å². The van der Waals surface area contributed by atoms with Crippen LogP contribution in [0.15, 0.2) is 24.3 Å². The van der Waals surface area contributed by atoms with Gasteiger partial charge in [-0.15, -0.1) is 0 Å². The second kappa shape index (κ2) is 6.01. The minimum atomic E-state index is -2.96. The quantitative estimate of drug-likeness (QED) is 0.891. The van der Waals surface area contributed by atoms with Crippen molar-refractivity contribution >= 4 is 15.7 Å². The first kappa shape index (κ1) is 15.5. The molecule has 22 heavy (non-hydrogen) atoms. The maximum Gasteiger partial charge on any atom is 0.237 e. The molecule has 5 nitrogen and oxygen atoms in total. The molecule has 6 heteroatoms. The highest BCUT2D eigenvalue weighted by molar-refractivity contribution is 7.91. The van der Waals surface area contributed by atoms with Crippen molar-refractivity contribution < 1.29 is 13.2 Å². The first-order chi connectivity index (χ1) is 10.4. The van der Waals surface area contributed by atoms with E-state index in [2.05, 4.69) is 22.3 Å². The zero-order valence-electron chi connectivity index (χ0n) is 12.8. The van der Waals surface area contributed by atoms with E-state index in [-0.39, 0.29) is 29.5 Å². The summed E-state index contributed by atoms with van der Waals surface area (Å²) in [5, 5.41) is 2.90. The van der Waals surface area contributed by atoms with Crippen LogP contribution < -0.4 is 5.32 Å². The van der Waals surface area contributed by atoms with E-state index >= 15 is 0 Å². The van der Waals surface area contributed by atoms with Crippen LogP contribution in [0.4, 0.5) is 0 Å². The summed E-state index contributed by atoms with van der Waals surface area (Å²) < 4.78 is 22.9. The lowest BCUT2D eigenvalue weighted by Crippen LogP contribution is -2.49. The maximum atomic E-state index is 12.4. The molecule has 0 bridgehead atoms. The fraction of sp³-hybridized carbons (Fsp3) is 0.562. The Bertz CT molecular complexity index is 672. The van der Waals surface area contributed by atoms with Crippen LogP contribution in [0.25, 0.3) is 0 Å². The summed E-state index contributed by atoms with van der Waals surface area (Å²) in [7, 11) is -2.96. The molecule has 2 heterocycles. The molecule has 0 spiro atoms. The molecule has 1 fully saturated rings. The van der Waals surface area contributed by atoms with Crippen LogP contribution in [0, 0.1) is 0 Å². The lowest BCUT2D eigenvalue weighted by Gasteiger charge is -2.33. The minimum Gasteiger partial charge on any atom is -0.351 e. The average Bonchev–Trinajstić information content (AvgIpc) is 2.84. The van der Waals surface area contributed by atoms with Gasteiger partial charge in [0.05, 0.1) is 17.5 Å². The van der Waals surface area contributed by atoms with Gasteiger partial charge in [-0.2, -0.15) is 0 Å². The van der Waals surface area contributed by atoms with Crippen LogP contribution in [0.5, 0.6) is 0 Å². The molecule has 0 radical (unpaired) electrons. The Hall–Kier alpha value is -1.40. The number of carbonyl (C=O) groups is 1. The number of amides is 1. The number of carbonyl (C=O) groups excluding carboxylic acids is 1. The second-order valence-corrected chi connectivity index (χ2v) is 8.50. The van der Waals surface area contributed by atoms with Crippen molar-refractivity contribution in [3.8, 4) is 0 Å². The summed E-state index contributed by atoms with van der Waals surface area (Å²) in [4.78, 5) is 14.5. The normalized spacial score (nSPS) is 25.4. The average molecular weight is 322 g/mol. The Balaban J connectivity index is 1.60. The van der Waals surface area contributed by atoms with E-state index in [0.29, 0.717) is 6.42 Å². The third-order valence-corrected chi connectivity index (χ3v) is 6.43. The van der Waals surface area contributed by atoms with Crippen molar-refractivity contribution in [3.63, 3.8) is 0 Å². The highest BCUT2D eigenvalue weighted by Gasteiger charge is 2.31. The topological polar surface area (TPSA) is 66.5 Å². The lowest BCUT2D eigenvalue weighted by molar-refractivity contribution is -0.126. The Morgan fingerprint density at radius 2 is 2.05 bits per heavy atom. The van der Waals surface area contributed by atoms with Crippen molar-refractivity contribution in [1.82, 2.24) is 10.2 Å². The fourth-order valence-corrected chi connectivity index (χ4v) is 4.92. The largest absolute Gasteiger partial charge is 0.351 e. The van der Waals surface area contributed by atoms with Gasteiger partial charge in [0.25, 0.3) is 0 Å². The fourth-order valence-electron chi connectivity index (χ4n) is 3.24. The molecule has 2 atom stereocenters. The Labute approximate surface area is 131 Å². The monoisotopic (exact) mass is 322 g/mol. The van der Waals surface area contributed by atoms with Gasteiger partial charge < -0.3 is 5.32 Å². The summed E-state index contributed by atoms with van der Waals surface area (Å²) >= 11 is 0. The van der Waals surface area contributed by atoms with Gasteiger partial charge in [0.15, 0.2) is 9.84 Å². The molecule has 1 amide bonds. The van der Waals surface area contributed by atoms with Crippen molar-refractivity contribution in [1.29, 1.82) is 0 Å². The Morgan fingerprint density at radius 1 is 1.32 bits per heavy atom. The van der Waals surface area contributed by atoms with Crippen molar-refractivity contribution in [3.05, 3.63) is 35.4 Å². The maximum absolute atomic E-state index is 12.4. The second-order valence-electron chi connectivity index (χ2n) is 6.27. The van der Waals surface area contributed by atoms with Gasteiger partial charge in [-0.1, -0.05) is 24.3 Å². The zero-order chi connectivity index (χ0) is 15.7. The van der Waals surface area contributed by atoms with E-state index in [1.54, 1.807) is 0 Å². The van der Waals surface area contributed by atoms with E-state index in [1.807, 2.05) is 19.1 Å². The summed E-state index contributed by atoms with van der Waals surface area (Å²) in [6.45, 7) is 3.52. The molecule has 2 unspecified atom stereocenters. The molecule has 1 aromatic rings. The smallest absolute Gasteiger partial charge is 0.237 e. The van der Waals surface area contributed by atoms with Gasteiger partial charge >= 0.3 is 0 Å². The summed E-state index contributed by atoms with van der Waals surface area (Å²) in [6.07, 6.45) is 1.48. The van der Waals surface area contributed by atoms with Crippen LogP contribution in [0.2, 0.25) is 0 Å². The molecule has 0 aliphatic carbocycles. The molecular weight excluding hydrogens is 300 g/mol. The van der Waals surface area contributed by atoms with Gasteiger partial charge in [-0.05, 0) is 30.9 Å². The molecule has 0 aromatic heterocycles. The van der Waals surface area contributed by atoms with Crippen LogP contribution >= 0.6 is 0 Å². The SMILES string of the molecule is CC(C(=O)NC1CCS(=O)(=O)C1)N1CCc2ccccc2C1. The van der Waals surface area contributed by atoms with E-state index in [9.17, 15) is 13.2 Å². The van der Waals surface area contributed by atoms with Crippen molar-refractivity contribution in [2.45, 2.75) is 38.4 Å². The lowest BCUT2D eigenvalue weighted by atomic mass is 9.98. The molecule has 1 N–H and O–H groups in total. The van der Waals surface area contributed by atoms with Gasteiger partial charge in [0, 0.05) is 19.1 Å². The molecule has 0 saturated carbocycles. The first-order valence-corrected chi connectivity index (χ1v) is 9.58. The van der Waals surface area contributed by atoms with Gasteiger partial charge in [-0.3, -0.25) is 9.69 Å². The zero-order valence-corrected chi connectivity index (χ0v) is 13.6. The molecule has 2 aliphatic heterocycles. The predicted octanol–water partition coefficient (Wildman–Crippen LogP) is 0.737. The van der Waals surface area contributed by atoms with Crippen molar-refractivity contribution in [2.75, 3.05) is 18.1 Å². The molecule has 3 rings (SSSR count). The number of hydrogen-bond donors (Lipinski definition) is 1. The number of benzene rings is 1. The van der Waals surface area contributed by atoms with Crippen LogP contribution in [0.1, 0.15) is 24.5 Å². The van der Waals surface area contributed by atoms with Gasteiger partial charge in [-0.25, -0.2) is 8.42 Å². The number of hydrogen-bond acceptors (Lipinski definition) is 4. The standard InChI is InChI=1S/C16H22N2O3S/c1-12(16(19)17-15-7-9-22(20,21)11-15)18-8-6-13-4-2-3-5-14(13)10-18/h2-5,12,15H,6-11H2,1H3,(H,17,19). The Kier molecular flexibility index (Phi) is 4.23. The van der Waals surface area contributed by atoms with Crippen LogP contribution in [-0.4, -0.2) is 49.4 Å². The van der Waals surface area contributed by atoms with E-state index < -0.39 is 9.84 Å². The van der Waals surface area contributed by atoms with E-state index in [0.717, 1.165) is 19.5 Å². The Morgan fingerprint density at radius 3 is 2.73 bits per heavy atom. The van der Waals surface area contributed by atoms with E-state index in [1.165, 1.54) is 11.1 Å². The molecular formula is C16H22N2O3S.